The molecule has 8 heteroatoms. The fourth-order valence-electron chi connectivity index (χ4n) is 3.12. The van der Waals surface area contributed by atoms with Gasteiger partial charge in [-0.15, -0.1) is 0 Å². The van der Waals surface area contributed by atoms with Crippen LogP contribution in [0.5, 0.6) is 5.75 Å². The molecule has 0 spiro atoms. The highest BCUT2D eigenvalue weighted by atomic mass is 35.5. The van der Waals surface area contributed by atoms with Crippen LogP contribution < -0.4 is 10.1 Å². The van der Waals surface area contributed by atoms with E-state index in [1.165, 1.54) is 6.08 Å². The van der Waals surface area contributed by atoms with E-state index in [1.807, 2.05) is 31.2 Å². The Kier molecular flexibility index (Phi) is 5.61. The Morgan fingerprint density at radius 3 is 2.77 bits per heavy atom. The number of hydrogen-bond donors (Lipinski definition) is 1. The smallest absolute Gasteiger partial charge is 0.262 e. The number of nitrogens with zero attached hydrogens (tertiary/aromatic N) is 2. The van der Waals surface area contributed by atoms with E-state index >= 15 is 0 Å². The number of carbonyl (C=O) groups is 2. The predicted molar refractivity (Wildman–Crippen MR) is 116 cm³/mol. The number of allylic oxidation sites excluding steroid dienone is 1. The first-order chi connectivity index (χ1) is 14.4. The number of carbonyl (C=O) groups excluding carboxylic acids is 2. The second-order valence-corrected chi connectivity index (χ2v) is 7.61. The van der Waals surface area contributed by atoms with Gasteiger partial charge in [-0.25, -0.2) is 4.68 Å². The van der Waals surface area contributed by atoms with E-state index < -0.39 is 0 Å². The molecule has 0 saturated heterocycles. The van der Waals surface area contributed by atoms with Gasteiger partial charge in [0.25, 0.3) is 5.91 Å². The summed E-state index contributed by atoms with van der Waals surface area (Å²) < 4.78 is 6.99. The molecule has 30 heavy (non-hydrogen) atoms. The van der Waals surface area contributed by atoms with E-state index in [-0.39, 0.29) is 18.3 Å². The van der Waals surface area contributed by atoms with Crippen molar-refractivity contribution in [1.29, 1.82) is 0 Å². The van der Waals surface area contributed by atoms with Gasteiger partial charge in [-0.3, -0.25) is 9.59 Å². The lowest BCUT2D eigenvalue weighted by atomic mass is 10.1. The van der Waals surface area contributed by atoms with Crippen molar-refractivity contribution in [3.63, 3.8) is 0 Å². The van der Waals surface area contributed by atoms with Gasteiger partial charge in [0.15, 0.2) is 12.4 Å². The molecule has 1 aliphatic rings. The molecule has 3 aromatic rings. The maximum Gasteiger partial charge on any atom is 0.262 e. The minimum absolute atomic E-state index is 0.0298. The maximum atomic E-state index is 12.6. The van der Waals surface area contributed by atoms with Gasteiger partial charge in [0, 0.05) is 16.1 Å². The first-order valence-electron chi connectivity index (χ1n) is 9.17. The van der Waals surface area contributed by atoms with Crippen molar-refractivity contribution in [3.8, 4) is 5.75 Å². The van der Waals surface area contributed by atoms with Crippen LogP contribution in [0.3, 0.4) is 0 Å². The Labute approximate surface area is 183 Å². The molecule has 0 unspecified atom stereocenters. The summed E-state index contributed by atoms with van der Waals surface area (Å²) in [5.41, 5.74) is 3.31. The number of ketones is 1. The summed E-state index contributed by atoms with van der Waals surface area (Å²) in [6, 6.07) is 12.4. The van der Waals surface area contributed by atoms with Crippen LogP contribution in [0.1, 0.15) is 27.2 Å². The van der Waals surface area contributed by atoms with E-state index in [0.717, 1.165) is 5.56 Å². The third kappa shape index (κ3) is 4.25. The molecule has 0 saturated carbocycles. The first kappa shape index (κ1) is 20.2. The zero-order chi connectivity index (χ0) is 21.3. The average Bonchev–Trinajstić information content (AvgIpc) is 3.00. The highest BCUT2D eigenvalue weighted by molar-refractivity contribution is 6.31. The molecule has 0 radical (unpaired) electrons. The van der Waals surface area contributed by atoms with Gasteiger partial charge in [0.2, 0.25) is 0 Å². The number of rotatable bonds is 5. The number of fused-ring (bicyclic) bond motifs is 1. The van der Waals surface area contributed by atoms with Crippen molar-refractivity contribution < 1.29 is 14.3 Å². The second kappa shape index (κ2) is 8.34. The van der Waals surface area contributed by atoms with Crippen molar-refractivity contribution >= 4 is 46.7 Å². The molecule has 1 amide bonds. The number of hydrogen-bond acceptors (Lipinski definition) is 4. The van der Waals surface area contributed by atoms with E-state index in [9.17, 15) is 9.59 Å². The standard InChI is InChI=1S/C22H17Cl2N3O3/c1-13-17(22(24)27(26-13)11-14-2-5-16(23)6-3-14)7-8-19(28)15-4-9-20-18(10-15)25-21(29)12-30-20/h2-10H,11-12H2,1H3,(H,25,29)/b8-7+. The Balaban J connectivity index is 1.53. The minimum atomic E-state index is -0.252. The average molecular weight is 442 g/mol. The lowest BCUT2D eigenvalue weighted by Gasteiger charge is -2.17. The molecule has 1 aliphatic heterocycles. The lowest BCUT2D eigenvalue weighted by Crippen LogP contribution is -2.25. The number of ether oxygens (including phenoxy) is 1. The monoisotopic (exact) mass is 441 g/mol. The van der Waals surface area contributed by atoms with Gasteiger partial charge in [0.05, 0.1) is 17.9 Å². The fraction of sp³-hybridized carbons (Fsp3) is 0.136. The molecule has 0 atom stereocenters. The largest absolute Gasteiger partial charge is 0.482 e. The summed E-state index contributed by atoms with van der Waals surface area (Å²) in [5.74, 6) is 0.0641. The Morgan fingerprint density at radius 2 is 2.00 bits per heavy atom. The molecular formula is C22H17Cl2N3O3. The van der Waals surface area contributed by atoms with Crippen molar-refractivity contribution in [2.24, 2.45) is 0 Å². The zero-order valence-electron chi connectivity index (χ0n) is 16.0. The fourth-order valence-corrected chi connectivity index (χ4v) is 3.54. The summed E-state index contributed by atoms with van der Waals surface area (Å²) >= 11 is 12.4. The van der Waals surface area contributed by atoms with Gasteiger partial charge in [-0.2, -0.15) is 5.10 Å². The number of anilines is 1. The topological polar surface area (TPSA) is 73.2 Å². The highest BCUT2D eigenvalue weighted by Crippen LogP contribution is 2.29. The molecule has 0 bridgehead atoms. The number of halogens is 2. The molecule has 6 nitrogen and oxygen atoms in total. The summed E-state index contributed by atoms with van der Waals surface area (Å²) in [7, 11) is 0. The highest BCUT2D eigenvalue weighted by Gasteiger charge is 2.17. The van der Waals surface area contributed by atoms with Crippen LogP contribution >= 0.6 is 23.2 Å². The third-order valence-electron chi connectivity index (χ3n) is 4.65. The molecule has 0 aliphatic carbocycles. The molecule has 2 aromatic carbocycles. The minimum Gasteiger partial charge on any atom is -0.482 e. The van der Waals surface area contributed by atoms with Crippen LogP contribution in [0, 0.1) is 6.92 Å². The molecule has 152 valence electrons. The van der Waals surface area contributed by atoms with Crippen LogP contribution in [-0.2, 0) is 11.3 Å². The number of nitrogens with one attached hydrogen (secondary N) is 1. The summed E-state index contributed by atoms with van der Waals surface area (Å²) in [6.45, 7) is 2.29. The van der Waals surface area contributed by atoms with E-state index in [4.69, 9.17) is 27.9 Å². The van der Waals surface area contributed by atoms with E-state index in [0.29, 0.717) is 45.0 Å². The van der Waals surface area contributed by atoms with Crippen molar-refractivity contribution in [2.45, 2.75) is 13.5 Å². The molecule has 1 aromatic heterocycles. The van der Waals surface area contributed by atoms with Crippen LogP contribution in [0.25, 0.3) is 6.08 Å². The maximum absolute atomic E-state index is 12.6. The van der Waals surface area contributed by atoms with E-state index in [2.05, 4.69) is 10.4 Å². The number of aryl methyl sites for hydroxylation is 1. The normalized spacial score (nSPS) is 13.1. The Morgan fingerprint density at radius 1 is 1.23 bits per heavy atom. The molecule has 0 fully saturated rings. The van der Waals surface area contributed by atoms with Crippen LogP contribution in [0.2, 0.25) is 10.2 Å². The number of benzene rings is 2. The Hall–Kier alpha value is -3.09. The van der Waals surface area contributed by atoms with Crippen molar-refractivity contribution in [2.75, 3.05) is 11.9 Å². The van der Waals surface area contributed by atoms with Gasteiger partial charge < -0.3 is 10.1 Å². The van der Waals surface area contributed by atoms with Crippen LogP contribution in [0.4, 0.5) is 5.69 Å². The predicted octanol–water partition coefficient (Wildman–Crippen LogP) is 4.77. The first-order valence-corrected chi connectivity index (χ1v) is 9.93. The van der Waals surface area contributed by atoms with Gasteiger partial charge >= 0.3 is 0 Å². The zero-order valence-corrected chi connectivity index (χ0v) is 17.5. The van der Waals surface area contributed by atoms with Gasteiger partial charge in [-0.1, -0.05) is 35.3 Å². The van der Waals surface area contributed by atoms with E-state index in [1.54, 1.807) is 29.0 Å². The molecule has 2 heterocycles. The third-order valence-corrected chi connectivity index (χ3v) is 5.30. The van der Waals surface area contributed by atoms with Crippen LogP contribution in [-0.4, -0.2) is 28.1 Å². The number of aromatic nitrogens is 2. The summed E-state index contributed by atoms with van der Waals surface area (Å²) in [4.78, 5) is 24.1. The van der Waals surface area contributed by atoms with Crippen molar-refractivity contribution in [1.82, 2.24) is 9.78 Å². The quantitative estimate of drug-likeness (QED) is 0.456. The van der Waals surface area contributed by atoms with Gasteiger partial charge in [0.1, 0.15) is 10.9 Å². The van der Waals surface area contributed by atoms with Gasteiger partial charge in [-0.05, 0) is 55.0 Å². The second-order valence-electron chi connectivity index (χ2n) is 6.82. The van der Waals surface area contributed by atoms with Crippen LogP contribution in [0.15, 0.2) is 48.5 Å². The lowest BCUT2D eigenvalue weighted by molar-refractivity contribution is -0.118. The molecular weight excluding hydrogens is 425 g/mol. The molecule has 4 rings (SSSR count). The summed E-state index contributed by atoms with van der Waals surface area (Å²) in [6.07, 6.45) is 3.09. The summed E-state index contributed by atoms with van der Waals surface area (Å²) in [5, 5.41) is 8.27. The SMILES string of the molecule is Cc1nn(Cc2ccc(Cl)cc2)c(Cl)c1/C=C/C(=O)c1ccc2c(c1)NC(=O)CO2. The molecule has 1 N–H and O–H groups in total. The Bertz CT molecular complexity index is 1170. The van der Waals surface area contributed by atoms with Crippen molar-refractivity contribution in [3.05, 3.63) is 81.1 Å². The number of amides is 1.